The van der Waals surface area contributed by atoms with Crippen molar-refractivity contribution in [2.45, 2.75) is 146 Å². The quantitative estimate of drug-likeness (QED) is 0.00862. The summed E-state index contributed by atoms with van der Waals surface area (Å²) in [6.07, 6.45) is 3.83. The second-order valence-electron chi connectivity index (χ2n) is 26.9. The standard InChI is InChI=1S/C53H65Cl3N8O17S5.C12H22N6O6S2/c1-26-22-52(3,4)24-32-28(26)20-30-37(31-21-29-27(2)23-53(5,6)62-43(29)48(86(76,77)78)45(31)81-44(30)47(32)85(73,74)75)38-39(49(69)70)40(54)42(56)46(41(38)55)82-25-36(68)58-13-9-7-8-10-33(65)59-14-16-79-18-19-80-17-15-60-34(66)11-12-35(67)61-50-63-64-51(83-50)84(57,71)72;13-3-5-23-7-8-24-6-4-15-9(19)1-2-10(20)16-11-17-18-12(25-11)26(14,21)22/h20-21,24,26-27,62H,7-19,22-23,25H2,1-6H3,(H,58,68)(H,59,65)(H,60,66)(H,69,70)(H2,57,71,72)(H,61,63,67)(H,73,74,75)(H,76,77,78);1-8,13H2,(H,15,19)(H2,14,21,22)(H,16,17,20)/p-2. The number of hydrogen-bond acceptors (Lipinski definition) is 31. The van der Waals surface area contributed by atoms with Crippen molar-refractivity contribution in [3.8, 4) is 11.5 Å². The molecule has 3 aliphatic rings. The van der Waals surface area contributed by atoms with Crippen LogP contribution in [0.25, 0.3) is 11.6 Å². The van der Waals surface area contributed by atoms with Crippen molar-refractivity contribution in [2.24, 2.45) is 21.4 Å². The number of aromatic nitrogens is 4. The van der Waals surface area contributed by atoms with Crippen LogP contribution in [0.5, 0.6) is 11.5 Å². The van der Waals surface area contributed by atoms with Gasteiger partial charge in [-0.3, -0.25) is 28.8 Å². The lowest BCUT2D eigenvalue weighted by molar-refractivity contribution is -0.124. The van der Waals surface area contributed by atoms with Crippen LogP contribution in [0.2, 0.25) is 15.1 Å². The van der Waals surface area contributed by atoms with Crippen molar-refractivity contribution in [1.29, 1.82) is 0 Å². The molecule has 0 saturated heterocycles. The van der Waals surface area contributed by atoms with E-state index in [-0.39, 0.29) is 148 Å². The van der Waals surface area contributed by atoms with Crippen LogP contribution >= 0.6 is 69.2 Å². The number of hydrogen-bond donors (Lipinski definition) is 11. The van der Waals surface area contributed by atoms with E-state index in [9.17, 15) is 81.4 Å². The molecule has 3 aromatic carbocycles. The maximum absolute atomic E-state index is 13.6. The minimum absolute atomic E-state index is 0.00379. The summed E-state index contributed by atoms with van der Waals surface area (Å²) >= 11 is 23.0. The number of benzene rings is 3. The monoisotopic (exact) mass is 1760 g/mol. The molecule has 1 aliphatic carbocycles. The fourth-order valence-electron chi connectivity index (χ4n) is 12.2. The van der Waals surface area contributed by atoms with Crippen LogP contribution < -0.4 is 68.4 Å². The summed E-state index contributed by atoms with van der Waals surface area (Å²) in [5, 5.41) is 51.6. The molecule has 2 aliphatic heterocycles. The molecule has 14 N–H and O–H groups in total. The lowest BCUT2D eigenvalue weighted by atomic mass is 9.74. The van der Waals surface area contributed by atoms with Gasteiger partial charge in [-0.1, -0.05) is 97.7 Å². The number of halogens is 3. The molecule has 0 saturated carbocycles. The van der Waals surface area contributed by atoms with Gasteiger partial charge in [-0.15, -0.1) is 32.2 Å². The highest BCUT2D eigenvalue weighted by atomic mass is 35.5. The summed E-state index contributed by atoms with van der Waals surface area (Å²) in [4.78, 5) is 84.8. The largest absolute Gasteiger partial charge is 0.744 e. The van der Waals surface area contributed by atoms with Crippen LogP contribution in [0.3, 0.4) is 0 Å². The Morgan fingerprint density at radius 3 is 1.57 bits per heavy atom. The van der Waals surface area contributed by atoms with Crippen molar-refractivity contribution in [3.63, 3.8) is 0 Å². The van der Waals surface area contributed by atoms with E-state index in [1.807, 2.05) is 20.8 Å². The summed E-state index contributed by atoms with van der Waals surface area (Å²) in [6.45, 7) is 14.7. The third kappa shape index (κ3) is 26.3. The Kier molecular flexibility index (Phi) is 33.4. The van der Waals surface area contributed by atoms with E-state index >= 15 is 0 Å². The normalized spacial score (nSPS) is 15.4. The van der Waals surface area contributed by atoms with Gasteiger partial charge in [0.2, 0.25) is 54.4 Å². The molecular weight excluding hydrogens is 1680 g/mol. The molecule has 2 unspecified atom stereocenters. The smallest absolute Gasteiger partial charge is 0.337 e. The third-order valence-electron chi connectivity index (χ3n) is 16.7. The molecule has 47 heteroatoms. The van der Waals surface area contributed by atoms with Crippen LogP contribution in [0, 0.1) is 5.41 Å². The molecule has 2 atom stereocenters. The van der Waals surface area contributed by atoms with Crippen LogP contribution in [-0.2, 0) is 88.0 Å². The number of carboxylic acid groups (broad SMARTS) is 1. The maximum Gasteiger partial charge on any atom is 0.337 e. The molecule has 8 rings (SSSR count). The van der Waals surface area contributed by atoms with E-state index < -0.39 is 139 Å². The number of nitrogens with two attached hydrogens (primary N) is 3. The van der Waals surface area contributed by atoms with Gasteiger partial charge in [0.15, 0.2) is 11.5 Å². The molecule has 6 amide bonds. The number of unbranched alkanes of at least 4 members (excludes halogenated alkanes) is 2. The molecule has 2 aromatic heterocycles. The zero-order valence-electron chi connectivity index (χ0n) is 61.3. The van der Waals surface area contributed by atoms with Gasteiger partial charge in [0, 0.05) is 97.2 Å². The Balaban J connectivity index is 0.000000567. The van der Waals surface area contributed by atoms with Gasteiger partial charge in [-0.2, -0.15) is 0 Å². The Labute approximate surface area is 672 Å². The number of primary sulfonamides is 2. The van der Waals surface area contributed by atoms with Crippen molar-refractivity contribution in [2.75, 3.05) is 107 Å². The number of sulfonamides is 2. The number of amides is 6. The fraction of sp³-hybridized carbons (Fsp3) is 0.523. The first-order chi connectivity index (χ1) is 52.4. The van der Waals surface area contributed by atoms with Gasteiger partial charge in [-0.05, 0) is 85.3 Å². The number of carbonyl (C=O) groups is 7. The van der Waals surface area contributed by atoms with Gasteiger partial charge < -0.3 is 80.8 Å². The summed E-state index contributed by atoms with van der Waals surface area (Å²) in [5.74, 6) is -6.68. The number of anilines is 3. The molecular formula is C65H85Cl3N14O23S7-2. The van der Waals surface area contributed by atoms with Gasteiger partial charge in [-0.25, -0.2) is 48.7 Å². The number of carbonyl (C=O) groups excluding carboxylic acids is 6. The predicted molar refractivity (Wildman–Crippen MR) is 412 cm³/mol. The number of carboxylic acids is 1. The first-order valence-electron chi connectivity index (χ1n) is 34.4. The first-order valence-corrected chi connectivity index (χ1v) is 44.1. The number of rotatable bonds is 40. The molecule has 0 fully saturated rings. The third-order valence-corrected chi connectivity index (χ3v) is 25.3. The number of ether oxygens (including phenoxy) is 5. The lowest BCUT2D eigenvalue weighted by Gasteiger charge is -2.40. The predicted octanol–water partition coefficient (Wildman–Crippen LogP) is 3.48. The van der Waals surface area contributed by atoms with E-state index in [2.05, 4.69) is 57.6 Å². The molecule has 0 spiro atoms. The molecule has 37 nitrogen and oxygen atoms in total. The van der Waals surface area contributed by atoms with Crippen molar-refractivity contribution < 1.29 is 105 Å². The summed E-state index contributed by atoms with van der Waals surface area (Å²) < 4.78 is 153. The van der Waals surface area contributed by atoms with Crippen LogP contribution in [-0.4, -0.2) is 207 Å². The average Bonchev–Trinajstić information content (AvgIpc) is 0.765. The highest BCUT2D eigenvalue weighted by Crippen LogP contribution is 2.55. The Hall–Kier alpha value is -6.93. The van der Waals surface area contributed by atoms with Gasteiger partial charge in [0.25, 0.3) is 20.0 Å². The Morgan fingerprint density at radius 1 is 0.607 bits per heavy atom. The SMILES string of the molecule is CC1CC(C)(C)Nc2c1cc1c(c2S(=O)(=O)[O-])Oc2c(S(=O)(=O)[O-])c3c(cc2=C1c1c(Cl)c(SCC(=O)NCCCCCC(=O)NCCOCCOCCNC(=O)CCC(=O)Nc2nnc(S(N)(=O)=O)s2)c(Cl)c(Cl)c1C(=O)O)C(C)CC(C)(C)C=3.NCCOCCOCCNC(=O)CCC(=O)Nc1nnc(S(N)(=O)=O)s1. The van der Waals surface area contributed by atoms with E-state index in [4.69, 9.17) is 74.5 Å². The molecule has 0 bridgehead atoms. The number of aromatic carboxylic acids is 1. The first kappa shape index (κ1) is 92.2. The van der Waals surface area contributed by atoms with Crippen LogP contribution in [0.15, 0.2) is 35.5 Å². The molecule has 0 radical (unpaired) electrons. The fourth-order valence-corrected chi connectivity index (χ4v) is 18.5. The summed E-state index contributed by atoms with van der Waals surface area (Å²) in [5.41, 5.74) is 2.90. The van der Waals surface area contributed by atoms with E-state index in [1.165, 1.54) is 12.1 Å². The molecule has 618 valence electrons. The summed E-state index contributed by atoms with van der Waals surface area (Å²) in [7, 11) is -19.1. The number of nitrogens with zero attached hydrogens (tertiary/aromatic N) is 4. The second kappa shape index (κ2) is 40.6. The highest BCUT2D eigenvalue weighted by Gasteiger charge is 2.42. The molecule has 112 heavy (non-hydrogen) atoms. The van der Waals surface area contributed by atoms with Gasteiger partial charge in [0.1, 0.15) is 30.0 Å². The lowest BCUT2D eigenvalue weighted by Crippen LogP contribution is -2.38. The van der Waals surface area contributed by atoms with Gasteiger partial charge >= 0.3 is 5.97 Å². The second-order valence-corrected chi connectivity index (χ2v) is 37.0. The number of fused-ring (bicyclic) bond motifs is 4. The van der Waals surface area contributed by atoms with Crippen LogP contribution in [0.4, 0.5) is 16.0 Å². The number of thioether (sulfide) groups is 1. The minimum atomic E-state index is -5.55. The molecule has 4 heterocycles. The zero-order chi connectivity index (χ0) is 82.8. The topological polar surface area (TPSA) is 582 Å². The van der Waals surface area contributed by atoms with Crippen molar-refractivity contribution in [3.05, 3.63) is 65.5 Å². The molecule has 5 aromatic rings. The number of nitrogens with one attached hydrogen (secondary N) is 7. The Morgan fingerprint density at radius 2 is 1.09 bits per heavy atom. The van der Waals surface area contributed by atoms with Crippen molar-refractivity contribution >= 4 is 179 Å². The van der Waals surface area contributed by atoms with Gasteiger partial charge in [0.05, 0.1) is 84.9 Å². The van der Waals surface area contributed by atoms with E-state index in [1.54, 1.807) is 26.8 Å². The minimum Gasteiger partial charge on any atom is -0.744 e. The zero-order valence-corrected chi connectivity index (χ0v) is 69.3. The van der Waals surface area contributed by atoms with Crippen LogP contribution in [0.1, 0.15) is 150 Å². The Bertz CT molecular complexity index is 4980. The maximum atomic E-state index is 13.6. The van der Waals surface area contributed by atoms with E-state index in [0.29, 0.717) is 105 Å². The van der Waals surface area contributed by atoms with Crippen molar-refractivity contribution in [1.82, 2.24) is 41.7 Å². The summed E-state index contributed by atoms with van der Waals surface area (Å²) in [6, 6.07) is 3.05. The average molecular weight is 1760 g/mol. The van der Waals surface area contributed by atoms with E-state index in [0.717, 1.165) is 11.8 Å². The highest BCUT2D eigenvalue weighted by molar-refractivity contribution is 8.00.